The number of hydrogen-bond acceptors (Lipinski definition) is 3. The van der Waals surface area contributed by atoms with Crippen LogP contribution in [0.1, 0.15) is 126 Å². The summed E-state index contributed by atoms with van der Waals surface area (Å²) >= 11 is 0. The number of hydrogen-bond donors (Lipinski definition) is 1. The van der Waals surface area contributed by atoms with E-state index in [1.54, 1.807) is 6.08 Å². The van der Waals surface area contributed by atoms with Gasteiger partial charge in [0, 0.05) is 28.2 Å². The molecule has 40 heavy (non-hydrogen) atoms. The number of rotatable bonds is 2. The maximum Gasteiger partial charge on any atom is 0.226 e. The Labute approximate surface area is 242 Å². The van der Waals surface area contributed by atoms with Gasteiger partial charge in [-0.25, -0.2) is 0 Å². The van der Waals surface area contributed by atoms with E-state index in [1.807, 2.05) is 0 Å². The zero-order valence-corrected chi connectivity index (χ0v) is 26.3. The highest BCUT2D eigenvalue weighted by molar-refractivity contribution is 5.98. The van der Waals surface area contributed by atoms with Gasteiger partial charge in [-0.15, -0.1) is 0 Å². The lowest BCUT2D eigenvalue weighted by Gasteiger charge is -2.69. The molecule has 0 heterocycles. The summed E-state index contributed by atoms with van der Waals surface area (Å²) in [5.41, 5.74) is 0.0112. The maximum atomic E-state index is 14.5. The molecule has 0 aliphatic heterocycles. The Morgan fingerprint density at radius 2 is 1.52 bits per heavy atom. The van der Waals surface area contributed by atoms with Crippen molar-refractivity contribution in [1.29, 1.82) is 0 Å². The number of carbonyl (C=O) groups excluding carboxylic acids is 3. The summed E-state index contributed by atoms with van der Waals surface area (Å²) in [4.78, 5) is 41.3. The van der Waals surface area contributed by atoms with Crippen molar-refractivity contribution in [3.8, 4) is 0 Å². The molecule has 6 rings (SSSR count). The van der Waals surface area contributed by atoms with Crippen molar-refractivity contribution in [2.75, 3.05) is 0 Å². The van der Waals surface area contributed by atoms with Crippen LogP contribution in [-0.2, 0) is 14.4 Å². The largest absolute Gasteiger partial charge is 0.353 e. The predicted octanol–water partition coefficient (Wildman–Crippen LogP) is 7.76. The normalized spacial score (nSPS) is 48.3. The first-order chi connectivity index (χ1) is 18.6. The highest BCUT2D eigenvalue weighted by atomic mass is 16.2. The Morgan fingerprint density at radius 1 is 0.850 bits per heavy atom. The van der Waals surface area contributed by atoms with E-state index in [2.05, 4.69) is 65.9 Å². The van der Waals surface area contributed by atoms with E-state index in [-0.39, 0.29) is 56.9 Å². The van der Waals surface area contributed by atoms with E-state index in [0.29, 0.717) is 6.04 Å². The molecule has 4 nitrogen and oxygen atoms in total. The first kappa shape index (κ1) is 28.4. The maximum absolute atomic E-state index is 14.5. The molecule has 4 saturated carbocycles. The second kappa shape index (κ2) is 8.90. The average molecular weight is 548 g/mol. The Kier molecular flexibility index (Phi) is 6.32. The topological polar surface area (TPSA) is 63.2 Å². The van der Waals surface area contributed by atoms with Gasteiger partial charge in [0.15, 0.2) is 11.6 Å². The molecule has 1 N–H and O–H groups in total. The van der Waals surface area contributed by atoms with Crippen LogP contribution < -0.4 is 5.32 Å². The first-order valence-corrected chi connectivity index (χ1v) is 16.4. The highest BCUT2D eigenvalue weighted by Crippen LogP contribution is 2.74. The number of ketones is 2. The second-order valence-corrected chi connectivity index (χ2v) is 16.8. The number of allylic oxidation sites excluding steroid dienone is 4. The number of amides is 1. The van der Waals surface area contributed by atoms with Crippen LogP contribution in [0.2, 0.25) is 0 Å². The molecule has 1 amide bonds. The van der Waals surface area contributed by atoms with Gasteiger partial charge in [0.1, 0.15) is 0 Å². The fourth-order valence-electron chi connectivity index (χ4n) is 11.2. The minimum atomic E-state index is -0.422. The van der Waals surface area contributed by atoms with Crippen molar-refractivity contribution in [3.63, 3.8) is 0 Å². The molecule has 0 aromatic heterocycles. The predicted molar refractivity (Wildman–Crippen MR) is 159 cm³/mol. The van der Waals surface area contributed by atoms with Crippen molar-refractivity contribution in [3.05, 3.63) is 23.8 Å². The quantitative estimate of drug-likeness (QED) is 0.384. The molecule has 4 fully saturated rings. The van der Waals surface area contributed by atoms with Gasteiger partial charge in [0.2, 0.25) is 5.91 Å². The minimum absolute atomic E-state index is 0.0514. The van der Waals surface area contributed by atoms with Crippen molar-refractivity contribution < 1.29 is 14.4 Å². The van der Waals surface area contributed by atoms with Gasteiger partial charge in [-0.2, -0.15) is 0 Å². The van der Waals surface area contributed by atoms with E-state index in [1.165, 1.54) is 24.8 Å². The van der Waals surface area contributed by atoms with Crippen LogP contribution in [0.5, 0.6) is 0 Å². The van der Waals surface area contributed by atoms with Crippen molar-refractivity contribution in [1.82, 2.24) is 5.32 Å². The van der Waals surface area contributed by atoms with Crippen LogP contribution in [0.15, 0.2) is 23.8 Å². The fourth-order valence-corrected chi connectivity index (χ4v) is 11.2. The molecule has 6 aliphatic carbocycles. The smallest absolute Gasteiger partial charge is 0.226 e. The molecular formula is C36H53NO3. The Balaban J connectivity index is 1.37. The molecule has 0 aromatic carbocycles. The molecule has 0 spiro atoms. The second-order valence-electron chi connectivity index (χ2n) is 16.8. The van der Waals surface area contributed by atoms with E-state index >= 15 is 0 Å². The third kappa shape index (κ3) is 3.72. The number of carbonyl (C=O) groups is 3. The molecular weight excluding hydrogens is 494 g/mol. The Morgan fingerprint density at radius 3 is 2.23 bits per heavy atom. The lowest BCUT2D eigenvalue weighted by atomic mass is 9.34. The van der Waals surface area contributed by atoms with Gasteiger partial charge >= 0.3 is 0 Å². The average Bonchev–Trinajstić information content (AvgIpc) is 2.90. The molecule has 0 saturated heterocycles. The molecule has 0 radical (unpaired) electrons. The summed E-state index contributed by atoms with van der Waals surface area (Å²) in [6, 6.07) is 0.319. The van der Waals surface area contributed by atoms with Crippen molar-refractivity contribution in [2.24, 2.45) is 50.2 Å². The van der Waals surface area contributed by atoms with Crippen molar-refractivity contribution >= 4 is 17.5 Å². The molecule has 220 valence electrons. The highest BCUT2D eigenvalue weighted by Gasteiger charge is 2.69. The lowest BCUT2D eigenvalue weighted by molar-refractivity contribution is -0.172. The van der Waals surface area contributed by atoms with Gasteiger partial charge in [-0.1, -0.05) is 79.4 Å². The lowest BCUT2D eigenvalue weighted by Crippen LogP contribution is -2.64. The minimum Gasteiger partial charge on any atom is -0.353 e. The van der Waals surface area contributed by atoms with E-state index < -0.39 is 10.8 Å². The number of fused-ring (bicyclic) bond motifs is 7. The third-order valence-corrected chi connectivity index (χ3v) is 14.4. The van der Waals surface area contributed by atoms with Crippen LogP contribution in [-0.4, -0.2) is 23.5 Å². The third-order valence-electron chi connectivity index (χ3n) is 14.4. The summed E-state index contributed by atoms with van der Waals surface area (Å²) in [5.74, 6) is 1.10. The zero-order valence-electron chi connectivity index (χ0n) is 26.3. The van der Waals surface area contributed by atoms with Gasteiger partial charge in [0.25, 0.3) is 0 Å². The van der Waals surface area contributed by atoms with Gasteiger partial charge in [-0.3, -0.25) is 14.4 Å². The summed E-state index contributed by atoms with van der Waals surface area (Å²) in [7, 11) is 0. The van der Waals surface area contributed by atoms with Crippen LogP contribution in [0, 0.1) is 50.2 Å². The van der Waals surface area contributed by atoms with Gasteiger partial charge in [-0.05, 0) is 98.0 Å². The van der Waals surface area contributed by atoms with Crippen LogP contribution >= 0.6 is 0 Å². The van der Waals surface area contributed by atoms with Crippen LogP contribution in [0.4, 0.5) is 0 Å². The summed E-state index contributed by atoms with van der Waals surface area (Å²) in [6.07, 6.45) is 18.9. The molecule has 8 unspecified atom stereocenters. The fraction of sp³-hybridized carbons (Fsp3) is 0.806. The zero-order chi connectivity index (χ0) is 28.9. The van der Waals surface area contributed by atoms with Crippen LogP contribution in [0.3, 0.4) is 0 Å². The van der Waals surface area contributed by atoms with Crippen molar-refractivity contribution in [2.45, 2.75) is 132 Å². The van der Waals surface area contributed by atoms with Gasteiger partial charge < -0.3 is 5.32 Å². The molecule has 4 heteroatoms. The van der Waals surface area contributed by atoms with Gasteiger partial charge in [0.05, 0.1) is 0 Å². The van der Waals surface area contributed by atoms with E-state index in [9.17, 15) is 14.4 Å². The summed E-state index contributed by atoms with van der Waals surface area (Å²) < 4.78 is 0. The SMILES string of the molecule is CC1(C(=O)NC2CCCCC2)CCC2(C)CCC3(C)C(C(=O)C=C4C5(C)C=CC(=O)C(C)(C)C5CCC43C)C2C1. The van der Waals surface area contributed by atoms with Crippen LogP contribution in [0.25, 0.3) is 0 Å². The first-order valence-electron chi connectivity index (χ1n) is 16.4. The molecule has 0 aromatic rings. The monoisotopic (exact) mass is 547 g/mol. The molecule has 6 aliphatic rings. The Bertz CT molecular complexity index is 1190. The molecule has 8 atom stereocenters. The Hall–Kier alpha value is -1.71. The number of nitrogens with one attached hydrogen (secondary N) is 1. The van der Waals surface area contributed by atoms with E-state index in [4.69, 9.17) is 0 Å². The summed E-state index contributed by atoms with van der Waals surface area (Å²) in [6.45, 7) is 16.0. The summed E-state index contributed by atoms with van der Waals surface area (Å²) in [5, 5.41) is 3.46. The molecule has 0 bridgehead atoms. The van der Waals surface area contributed by atoms with E-state index in [0.717, 1.165) is 57.8 Å². The standard InChI is InChI=1S/C36H53NO3/c1-31(2)26-13-16-35(6)27(34(26,5)15-14-28(31)39)21-25(38)29-24-22-33(4,30(40)37-23-11-9-8-10-12-23)18-17-32(24,3)19-20-36(29,35)7/h14-15,21,23-24,26,29H,8-13,16-20,22H2,1-7H3,(H,37,40).